The molecule has 0 radical (unpaired) electrons. The maximum Gasteiger partial charge on any atom is 0.219 e. The van der Waals surface area contributed by atoms with Crippen molar-refractivity contribution < 1.29 is 4.74 Å². The lowest BCUT2D eigenvalue weighted by molar-refractivity contribution is 0.462. The van der Waals surface area contributed by atoms with E-state index in [4.69, 9.17) is 15.7 Å². The van der Waals surface area contributed by atoms with Gasteiger partial charge in [-0.3, -0.25) is 0 Å². The highest BCUT2D eigenvalue weighted by molar-refractivity contribution is 5.46. The maximum absolute atomic E-state index is 9.17. The number of nitriles is 1. The number of hydrogen-bond donors (Lipinski definition) is 2. The molecule has 0 amide bonds. The Morgan fingerprint density at radius 2 is 2.08 bits per heavy atom. The van der Waals surface area contributed by atoms with Crippen LogP contribution >= 0.6 is 0 Å². The molecule has 1 aromatic heterocycles. The number of nitrogens with two attached hydrogens (primary N) is 1. The third-order valence-corrected chi connectivity index (χ3v) is 3.82. The summed E-state index contributed by atoms with van der Waals surface area (Å²) in [6.07, 6.45) is 2.66. The van der Waals surface area contributed by atoms with Crippen molar-refractivity contribution in [1.82, 2.24) is 4.98 Å². The number of nitrogens with one attached hydrogen (secondary N) is 1. The molecule has 1 heterocycles. The summed E-state index contributed by atoms with van der Waals surface area (Å²) >= 11 is 0. The van der Waals surface area contributed by atoms with Gasteiger partial charge in [0, 0.05) is 18.7 Å². The number of nitrogens with zero attached hydrogens (tertiary/aromatic N) is 2. The summed E-state index contributed by atoms with van der Waals surface area (Å²) in [5.74, 6) is 1.45. The quantitative estimate of drug-likeness (QED) is 0.803. The van der Waals surface area contributed by atoms with Crippen molar-refractivity contribution in [3.05, 3.63) is 47.7 Å². The Labute approximate surface area is 143 Å². The molecule has 1 atom stereocenters. The van der Waals surface area contributed by atoms with E-state index in [0.29, 0.717) is 23.7 Å². The summed E-state index contributed by atoms with van der Waals surface area (Å²) in [7, 11) is 0. The Hall–Kier alpha value is -2.58. The zero-order valence-corrected chi connectivity index (χ0v) is 14.4. The van der Waals surface area contributed by atoms with Gasteiger partial charge in [0.1, 0.15) is 5.75 Å². The number of rotatable bonds is 7. The van der Waals surface area contributed by atoms with E-state index in [1.807, 2.05) is 18.2 Å². The summed E-state index contributed by atoms with van der Waals surface area (Å²) in [5, 5.41) is 12.4. The van der Waals surface area contributed by atoms with Crippen molar-refractivity contribution in [2.45, 2.75) is 39.2 Å². The molecule has 24 heavy (non-hydrogen) atoms. The minimum Gasteiger partial charge on any atom is -0.439 e. The highest BCUT2D eigenvalue weighted by atomic mass is 16.5. The predicted octanol–water partition coefficient (Wildman–Crippen LogP) is 4.02. The summed E-state index contributed by atoms with van der Waals surface area (Å²) in [4.78, 5) is 4.30. The summed E-state index contributed by atoms with van der Waals surface area (Å²) in [5.41, 5.74) is 8.45. The van der Waals surface area contributed by atoms with Gasteiger partial charge in [-0.25, -0.2) is 4.98 Å². The van der Waals surface area contributed by atoms with Gasteiger partial charge < -0.3 is 15.8 Å². The first-order valence-corrected chi connectivity index (χ1v) is 8.20. The van der Waals surface area contributed by atoms with E-state index in [-0.39, 0.29) is 12.0 Å². The fraction of sp³-hybridized carbons (Fsp3) is 0.368. The van der Waals surface area contributed by atoms with Crippen LogP contribution in [0, 0.1) is 11.3 Å². The van der Waals surface area contributed by atoms with Crippen LogP contribution in [0.3, 0.4) is 0 Å². The normalized spacial score (nSPS) is 11.8. The molecule has 0 saturated heterocycles. The lowest BCUT2D eigenvalue weighted by atomic mass is 9.98. The number of pyridine rings is 1. The fourth-order valence-electron chi connectivity index (χ4n) is 2.24. The summed E-state index contributed by atoms with van der Waals surface area (Å²) in [6.45, 7) is 6.88. The van der Waals surface area contributed by atoms with Crippen molar-refractivity contribution in [1.29, 1.82) is 5.26 Å². The Morgan fingerprint density at radius 3 is 2.67 bits per heavy atom. The van der Waals surface area contributed by atoms with Gasteiger partial charge in [-0.05, 0) is 42.2 Å². The highest BCUT2D eigenvalue weighted by Gasteiger charge is 2.09. The van der Waals surface area contributed by atoms with Gasteiger partial charge in [0.05, 0.1) is 23.5 Å². The Kier molecular flexibility index (Phi) is 6.16. The van der Waals surface area contributed by atoms with Crippen LogP contribution in [0.4, 0.5) is 5.69 Å². The van der Waals surface area contributed by atoms with Crippen LogP contribution in [0.5, 0.6) is 11.6 Å². The minimum atomic E-state index is 0.133. The van der Waals surface area contributed by atoms with Crippen LogP contribution in [0.2, 0.25) is 0 Å². The highest BCUT2D eigenvalue weighted by Crippen LogP contribution is 2.27. The third kappa shape index (κ3) is 4.71. The van der Waals surface area contributed by atoms with E-state index in [9.17, 15) is 0 Å². The van der Waals surface area contributed by atoms with Gasteiger partial charge >= 0.3 is 0 Å². The molecule has 0 aliphatic rings. The molecule has 3 N–H and O–H groups in total. The molecule has 0 aliphatic heterocycles. The molecule has 0 aliphatic carbocycles. The van der Waals surface area contributed by atoms with Crippen molar-refractivity contribution in [2.75, 3.05) is 11.9 Å². The van der Waals surface area contributed by atoms with Crippen molar-refractivity contribution >= 4 is 5.69 Å². The molecule has 0 spiro atoms. The van der Waals surface area contributed by atoms with Gasteiger partial charge in [0.2, 0.25) is 5.88 Å². The van der Waals surface area contributed by atoms with Gasteiger partial charge in [-0.1, -0.05) is 20.8 Å². The number of hydrogen-bond acceptors (Lipinski definition) is 5. The summed E-state index contributed by atoms with van der Waals surface area (Å²) < 4.78 is 5.80. The molecule has 5 nitrogen and oxygen atoms in total. The molecule has 2 rings (SSSR count). The predicted molar refractivity (Wildman–Crippen MR) is 96.3 cm³/mol. The molecule has 1 aromatic carbocycles. The molecule has 0 fully saturated rings. The molecule has 2 aromatic rings. The van der Waals surface area contributed by atoms with E-state index in [2.05, 4.69) is 37.1 Å². The second-order valence-electron chi connectivity index (χ2n) is 6.05. The molecule has 126 valence electrons. The van der Waals surface area contributed by atoms with Crippen LogP contribution in [-0.4, -0.2) is 17.6 Å². The van der Waals surface area contributed by atoms with Crippen LogP contribution in [0.25, 0.3) is 0 Å². The fourth-order valence-corrected chi connectivity index (χ4v) is 2.24. The van der Waals surface area contributed by atoms with Gasteiger partial charge in [0.25, 0.3) is 0 Å². The smallest absolute Gasteiger partial charge is 0.219 e. The molecule has 0 bridgehead atoms. The van der Waals surface area contributed by atoms with E-state index in [0.717, 1.165) is 17.7 Å². The number of aromatic nitrogens is 1. The zero-order valence-electron chi connectivity index (χ0n) is 14.4. The monoisotopic (exact) mass is 324 g/mol. The molecular formula is C19H24N4O. The Balaban J connectivity index is 2.06. The summed E-state index contributed by atoms with van der Waals surface area (Å²) in [6, 6.07) is 11.5. The molecular weight excluding hydrogens is 300 g/mol. The first kappa shape index (κ1) is 17.8. The first-order chi connectivity index (χ1) is 11.5. The van der Waals surface area contributed by atoms with Crippen LogP contribution in [0.15, 0.2) is 36.5 Å². The van der Waals surface area contributed by atoms with E-state index in [1.54, 1.807) is 18.3 Å². The Morgan fingerprint density at radius 1 is 1.29 bits per heavy atom. The molecule has 0 saturated carbocycles. The van der Waals surface area contributed by atoms with E-state index >= 15 is 0 Å². The van der Waals surface area contributed by atoms with Crippen molar-refractivity contribution in [2.24, 2.45) is 5.73 Å². The van der Waals surface area contributed by atoms with Gasteiger partial charge in [-0.15, -0.1) is 0 Å². The van der Waals surface area contributed by atoms with E-state index in [1.165, 1.54) is 0 Å². The average Bonchev–Trinajstić information content (AvgIpc) is 2.60. The van der Waals surface area contributed by atoms with Crippen molar-refractivity contribution in [3.63, 3.8) is 0 Å². The maximum atomic E-state index is 9.17. The minimum absolute atomic E-state index is 0.133. The average molecular weight is 324 g/mol. The standard InChI is InChI=1S/C19H24N4O/c1-4-15(21)11-22-16-6-8-19(23-12-16)24-17-7-5-14(10-20)18(9-17)13(2)3/h5-9,12-13,15,22H,4,11,21H2,1-3H3. The topological polar surface area (TPSA) is 84.0 Å². The van der Waals surface area contributed by atoms with E-state index < -0.39 is 0 Å². The number of ether oxygens (including phenoxy) is 1. The van der Waals surface area contributed by atoms with Crippen LogP contribution in [-0.2, 0) is 0 Å². The number of benzene rings is 1. The number of anilines is 1. The van der Waals surface area contributed by atoms with Gasteiger partial charge in [0.15, 0.2) is 0 Å². The van der Waals surface area contributed by atoms with Gasteiger partial charge in [-0.2, -0.15) is 5.26 Å². The third-order valence-electron chi connectivity index (χ3n) is 3.82. The SMILES string of the molecule is CCC(N)CNc1ccc(Oc2ccc(C#N)c(C(C)C)c2)nc1. The molecule has 1 unspecified atom stereocenters. The second kappa shape index (κ2) is 8.32. The molecule has 5 heteroatoms. The first-order valence-electron chi connectivity index (χ1n) is 8.20. The largest absolute Gasteiger partial charge is 0.439 e. The lowest BCUT2D eigenvalue weighted by Crippen LogP contribution is -2.27. The Bertz CT molecular complexity index is 704. The van der Waals surface area contributed by atoms with Crippen LogP contribution < -0.4 is 15.8 Å². The van der Waals surface area contributed by atoms with Crippen molar-refractivity contribution in [3.8, 4) is 17.7 Å². The van der Waals surface area contributed by atoms with Crippen LogP contribution in [0.1, 0.15) is 44.2 Å². The lowest BCUT2D eigenvalue weighted by Gasteiger charge is -2.13. The second-order valence-corrected chi connectivity index (χ2v) is 6.05. The zero-order chi connectivity index (χ0) is 17.5.